The van der Waals surface area contributed by atoms with Gasteiger partial charge in [-0.05, 0) is 44.9 Å². The van der Waals surface area contributed by atoms with Crippen molar-refractivity contribution >= 4 is 12.0 Å². The van der Waals surface area contributed by atoms with Crippen molar-refractivity contribution in [2.24, 2.45) is 0 Å². The van der Waals surface area contributed by atoms with Crippen molar-refractivity contribution in [1.29, 1.82) is 0 Å². The van der Waals surface area contributed by atoms with E-state index >= 15 is 0 Å². The molecule has 1 heterocycles. The fourth-order valence-corrected chi connectivity index (χ4v) is 2.67. The van der Waals surface area contributed by atoms with Crippen LogP contribution in [0.5, 0.6) is 5.75 Å². The van der Waals surface area contributed by atoms with Crippen molar-refractivity contribution in [2.45, 2.75) is 51.6 Å². The second-order valence-electron chi connectivity index (χ2n) is 7.34. The molecule has 1 N–H and O–H groups in total. The minimum atomic E-state index is -4.75. The van der Waals surface area contributed by atoms with E-state index in [1.165, 1.54) is 24.3 Å². The van der Waals surface area contributed by atoms with Gasteiger partial charge in [0.15, 0.2) is 0 Å². The number of carbonyl (C=O) groups excluding carboxylic acids is 2. The summed E-state index contributed by atoms with van der Waals surface area (Å²) in [6, 6.07) is 5.00. The lowest BCUT2D eigenvalue weighted by Crippen LogP contribution is -2.41. The Kier molecular flexibility index (Phi) is 6.22. The highest BCUT2D eigenvalue weighted by atomic mass is 19.4. The Morgan fingerprint density at radius 1 is 1.19 bits per heavy atom. The number of halogens is 3. The average molecular weight is 388 g/mol. The van der Waals surface area contributed by atoms with Crippen LogP contribution in [0, 0.1) is 0 Å². The first-order chi connectivity index (χ1) is 12.4. The van der Waals surface area contributed by atoms with Crippen LogP contribution in [0.3, 0.4) is 0 Å². The molecule has 0 bridgehead atoms. The second kappa shape index (κ2) is 8.06. The third-order valence-electron chi connectivity index (χ3n) is 3.77. The van der Waals surface area contributed by atoms with Gasteiger partial charge in [0.2, 0.25) is 5.91 Å². The van der Waals surface area contributed by atoms with Gasteiger partial charge in [-0.15, -0.1) is 13.2 Å². The zero-order valence-electron chi connectivity index (χ0n) is 15.4. The number of rotatable bonds is 4. The number of amides is 2. The first-order valence-electron chi connectivity index (χ1n) is 8.53. The molecule has 1 unspecified atom stereocenters. The highest BCUT2D eigenvalue weighted by molar-refractivity contribution is 5.79. The van der Waals surface area contributed by atoms with Gasteiger partial charge in [0, 0.05) is 13.1 Å². The number of nitrogens with zero attached hydrogens (tertiary/aromatic N) is 1. The van der Waals surface area contributed by atoms with Crippen LogP contribution in [-0.2, 0) is 16.0 Å². The van der Waals surface area contributed by atoms with Gasteiger partial charge in [0.05, 0.1) is 12.5 Å². The van der Waals surface area contributed by atoms with Crippen molar-refractivity contribution in [1.82, 2.24) is 10.2 Å². The lowest BCUT2D eigenvalue weighted by atomic mass is 10.1. The van der Waals surface area contributed by atoms with E-state index < -0.39 is 18.1 Å². The summed E-state index contributed by atoms with van der Waals surface area (Å²) in [6.07, 6.45) is -4.60. The molecule has 27 heavy (non-hydrogen) atoms. The smallest absolute Gasteiger partial charge is 0.444 e. The van der Waals surface area contributed by atoms with Crippen molar-refractivity contribution in [3.8, 4) is 5.75 Å². The number of alkyl carbamates (subject to hydrolysis) is 1. The van der Waals surface area contributed by atoms with Crippen molar-refractivity contribution in [2.75, 3.05) is 13.1 Å². The van der Waals surface area contributed by atoms with E-state index in [9.17, 15) is 22.8 Å². The Balaban J connectivity index is 1.82. The van der Waals surface area contributed by atoms with E-state index in [4.69, 9.17) is 4.74 Å². The standard InChI is InChI=1S/C18H23F3N2O4/c1-17(2,3)27-16(25)22-13-8-9-23(11-13)15(24)10-12-4-6-14(7-5-12)26-18(19,20)21/h4-7,13H,8-11H2,1-3H3,(H,22,25). The number of nitrogens with one attached hydrogen (secondary N) is 1. The van der Waals surface area contributed by atoms with Crippen LogP contribution in [0.2, 0.25) is 0 Å². The summed E-state index contributed by atoms with van der Waals surface area (Å²) < 4.78 is 45.4. The molecule has 1 aliphatic rings. The van der Waals surface area contributed by atoms with Crippen molar-refractivity contribution in [3.63, 3.8) is 0 Å². The van der Waals surface area contributed by atoms with Gasteiger partial charge in [-0.25, -0.2) is 4.79 Å². The fourth-order valence-electron chi connectivity index (χ4n) is 2.67. The molecule has 150 valence electrons. The molecule has 2 rings (SSSR count). The molecule has 6 nitrogen and oxygen atoms in total. The molecule has 1 saturated heterocycles. The number of alkyl halides is 3. The summed E-state index contributed by atoms with van der Waals surface area (Å²) in [7, 11) is 0. The van der Waals surface area contributed by atoms with Crippen molar-refractivity contribution < 1.29 is 32.2 Å². The predicted molar refractivity (Wildman–Crippen MR) is 91.2 cm³/mol. The van der Waals surface area contributed by atoms with Gasteiger partial charge >= 0.3 is 12.5 Å². The van der Waals surface area contributed by atoms with Crippen LogP contribution in [0.15, 0.2) is 24.3 Å². The third kappa shape index (κ3) is 7.36. The highest BCUT2D eigenvalue weighted by Crippen LogP contribution is 2.23. The van der Waals surface area contributed by atoms with Crippen molar-refractivity contribution in [3.05, 3.63) is 29.8 Å². The lowest BCUT2D eigenvalue weighted by molar-refractivity contribution is -0.274. The molecule has 0 spiro atoms. The summed E-state index contributed by atoms with van der Waals surface area (Å²) in [5.41, 5.74) is -0.0155. The number of hydrogen-bond donors (Lipinski definition) is 1. The number of benzene rings is 1. The number of carbonyl (C=O) groups is 2. The molecular formula is C18H23F3N2O4. The number of hydrogen-bond acceptors (Lipinski definition) is 4. The maximum atomic E-state index is 12.4. The monoisotopic (exact) mass is 388 g/mol. The number of likely N-dealkylation sites (tertiary alicyclic amines) is 1. The molecule has 1 aliphatic heterocycles. The quantitative estimate of drug-likeness (QED) is 0.860. The SMILES string of the molecule is CC(C)(C)OC(=O)NC1CCN(C(=O)Cc2ccc(OC(F)(F)F)cc2)C1. The minimum absolute atomic E-state index is 0.0610. The van der Waals surface area contributed by atoms with Gasteiger partial charge in [-0.3, -0.25) is 4.79 Å². The predicted octanol–water partition coefficient (Wildman–Crippen LogP) is 3.25. The van der Waals surface area contributed by atoms with Gasteiger partial charge in [0.25, 0.3) is 0 Å². The molecule has 0 saturated carbocycles. The lowest BCUT2D eigenvalue weighted by Gasteiger charge is -2.22. The Labute approximate surface area is 155 Å². The summed E-state index contributed by atoms with van der Waals surface area (Å²) in [4.78, 5) is 25.8. The zero-order chi connectivity index (χ0) is 20.2. The maximum Gasteiger partial charge on any atom is 0.573 e. The van der Waals surface area contributed by atoms with Gasteiger partial charge in [-0.1, -0.05) is 12.1 Å². The number of ether oxygens (including phenoxy) is 2. The van der Waals surface area contributed by atoms with Gasteiger partial charge in [0.1, 0.15) is 11.4 Å². The maximum absolute atomic E-state index is 12.4. The molecule has 1 aromatic carbocycles. The van der Waals surface area contributed by atoms with Crippen LogP contribution in [0.4, 0.5) is 18.0 Å². The second-order valence-corrected chi connectivity index (χ2v) is 7.34. The topological polar surface area (TPSA) is 67.9 Å². The van der Waals surface area contributed by atoms with E-state index in [1.54, 1.807) is 25.7 Å². The van der Waals surface area contributed by atoms with Crippen LogP contribution >= 0.6 is 0 Å². The molecule has 0 aromatic heterocycles. The molecule has 1 aromatic rings. The first kappa shape index (κ1) is 20.9. The third-order valence-corrected chi connectivity index (χ3v) is 3.77. The highest BCUT2D eigenvalue weighted by Gasteiger charge is 2.31. The summed E-state index contributed by atoms with van der Waals surface area (Å²) in [5.74, 6) is -0.491. The molecular weight excluding hydrogens is 365 g/mol. The minimum Gasteiger partial charge on any atom is -0.444 e. The summed E-state index contributed by atoms with van der Waals surface area (Å²) >= 11 is 0. The van der Waals surface area contributed by atoms with E-state index in [0.717, 1.165) is 0 Å². The van der Waals surface area contributed by atoms with E-state index in [0.29, 0.717) is 25.1 Å². The van der Waals surface area contributed by atoms with Crippen LogP contribution in [0.25, 0.3) is 0 Å². The van der Waals surface area contributed by atoms with E-state index in [1.807, 2.05) is 0 Å². The molecule has 2 amide bonds. The average Bonchev–Trinajstić information content (AvgIpc) is 2.94. The molecule has 9 heteroatoms. The summed E-state index contributed by atoms with van der Waals surface area (Å²) in [5, 5.41) is 2.74. The fraction of sp³-hybridized carbons (Fsp3) is 0.556. The van der Waals surface area contributed by atoms with Crippen LogP contribution < -0.4 is 10.1 Å². The van der Waals surface area contributed by atoms with E-state index in [2.05, 4.69) is 10.1 Å². The zero-order valence-corrected chi connectivity index (χ0v) is 15.4. The Hall–Kier alpha value is -2.45. The van der Waals surface area contributed by atoms with Crippen LogP contribution in [0.1, 0.15) is 32.8 Å². The normalized spacial score (nSPS) is 17.6. The molecule has 1 fully saturated rings. The molecule has 0 aliphatic carbocycles. The summed E-state index contributed by atoms with van der Waals surface area (Å²) in [6.45, 7) is 6.16. The van der Waals surface area contributed by atoms with E-state index in [-0.39, 0.29) is 24.1 Å². The molecule has 1 atom stereocenters. The Bertz CT molecular complexity index is 669. The first-order valence-corrected chi connectivity index (χ1v) is 8.53. The van der Waals surface area contributed by atoms with Crippen LogP contribution in [-0.4, -0.2) is 48.0 Å². The van der Waals surface area contributed by atoms with Gasteiger partial charge in [-0.2, -0.15) is 0 Å². The molecule has 0 radical (unpaired) electrons. The Morgan fingerprint density at radius 2 is 1.81 bits per heavy atom. The van der Waals surface area contributed by atoms with Gasteiger partial charge < -0.3 is 19.7 Å². The Morgan fingerprint density at radius 3 is 2.37 bits per heavy atom. The largest absolute Gasteiger partial charge is 0.573 e.